The molecule has 0 saturated carbocycles. The first-order valence-corrected chi connectivity index (χ1v) is 8.37. The molecular weight excluding hydrogens is 333 g/mol. The molecule has 134 valence electrons. The summed E-state index contributed by atoms with van der Waals surface area (Å²) >= 11 is 0. The van der Waals surface area contributed by atoms with Crippen molar-refractivity contribution in [3.8, 4) is 0 Å². The molecule has 0 fully saturated rings. The third-order valence-corrected chi connectivity index (χ3v) is 4.26. The molecule has 2 aromatic carbocycles. The van der Waals surface area contributed by atoms with Crippen LogP contribution in [0.1, 0.15) is 16.8 Å². The molecule has 0 saturated heterocycles. The van der Waals surface area contributed by atoms with Crippen LogP contribution in [0.5, 0.6) is 0 Å². The number of halogens is 1. The smallest absolute Gasteiger partial charge is 0.313 e. The number of carbonyl (C=O) groups is 2. The molecule has 5 nitrogen and oxygen atoms in total. The lowest BCUT2D eigenvalue weighted by Gasteiger charge is -2.08. The number of rotatable bonds is 4. The first-order valence-electron chi connectivity index (χ1n) is 8.37. The largest absolute Gasteiger partial charge is 0.358 e. The molecule has 2 amide bonds. The highest BCUT2D eigenvalue weighted by Crippen LogP contribution is 2.22. The van der Waals surface area contributed by atoms with Crippen LogP contribution >= 0.6 is 0 Å². The van der Waals surface area contributed by atoms with Crippen molar-refractivity contribution >= 4 is 28.4 Å². The number of anilines is 1. The van der Waals surface area contributed by atoms with E-state index < -0.39 is 17.6 Å². The molecular formula is C20H20FN3O2. The van der Waals surface area contributed by atoms with Gasteiger partial charge in [0.1, 0.15) is 5.82 Å². The first kappa shape index (κ1) is 17.7. The molecule has 0 aliphatic heterocycles. The van der Waals surface area contributed by atoms with Crippen LogP contribution in [0, 0.1) is 19.7 Å². The highest BCUT2D eigenvalue weighted by Gasteiger charge is 2.16. The Bertz CT molecular complexity index is 978. The van der Waals surface area contributed by atoms with Crippen LogP contribution in [-0.2, 0) is 16.0 Å². The Hall–Kier alpha value is -3.15. The monoisotopic (exact) mass is 353 g/mol. The zero-order chi connectivity index (χ0) is 18.7. The van der Waals surface area contributed by atoms with Gasteiger partial charge in [-0.15, -0.1) is 0 Å². The summed E-state index contributed by atoms with van der Waals surface area (Å²) in [5.41, 5.74) is 3.96. The van der Waals surface area contributed by atoms with Crippen LogP contribution < -0.4 is 10.6 Å². The van der Waals surface area contributed by atoms with E-state index in [-0.39, 0.29) is 5.69 Å². The van der Waals surface area contributed by atoms with Crippen LogP contribution in [-0.4, -0.2) is 23.3 Å². The van der Waals surface area contributed by atoms with Crippen molar-refractivity contribution in [2.45, 2.75) is 20.3 Å². The Morgan fingerprint density at radius 2 is 1.85 bits per heavy atom. The normalized spacial score (nSPS) is 10.7. The number of H-pyrrole nitrogens is 1. The van der Waals surface area contributed by atoms with Gasteiger partial charge in [0.25, 0.3) is 0 Å². The minimum atomic E-state index is -0.884. The zero-order valence-electron chi connectivity index (χ0n) is 14.7. The lowest BCUT2D eigenvalue weighted by Crippen LogP contribution is -2.36. The Kier molecular flexibility index (Phi) is 5.02. The van der Waals surface area contributed by atoms with Gasteiger partial charge in [-0.25, -0.2) is 4.39 Å². The lowest BCUT2D eigenvalue weighted by atomic mass is 10.1. The second kappa shape index (κ2) is 7.39. The Balaban J connectivity index is 1.59. The van der Waals surface area contributed by atoms with E-state index in [1.807, 2.05) is 31.2 Å². The predicted molar refractivity (Wildman–Crippen MR) is 99.5 cm³/mol. The zero-order valence-corrected chi connectivity index (χ0v) is 14.7. The predicted octanol–water partition coefficient (Wildman–Crippen LogP) is 3.22. The topological polar surface area (TPSA) is 74.0 Å². The Morgan fingerprint density at radius 3 is 2.65 bits per heavy atom. The van der Waals surface area contributed by atoms with E-state index in [0.717, 1.165) is 27.7 Å². The fraction of sp³-hybridized carbons (Fsp3) is 0.200. The van der Waals surface area contributed by atoms with Crippen LogP contribution in [0.4, 0.5) is 10.1 Å². The van der Waals surface area contributed by atoms with E-state index in [9.17, 15) is 14.0 Å². The van der Waals surface area contributed by atoms with Crippen LogP contribution in [0.25, 0.3) is 10.9 Å². The number of aromatic amines is 1. The first-order chi connectivity index (χ1) is 12.5. The van der Waals surface area contributed by atoms with Crippen LogP contribution in [0.3, 0.4) is 0 Å². The quantitative estimate of drug-likeness (QED) is 0.630. The summed E-state index contributed by atoms with van der Waals surface area (Å²) in [5, 5.41) is 5.99. The summed E-state index contributed by atoms with van der Waals surface area (Å²) in [6.07, 6.45) is 0.591. The van der Waals surface area contributed by atoms with Gasteiger partial charge in [0, 0.05) is 23.1 Å². The van der Waals surface area contributed by atoms with Crippen molar-refractivity contribution in [1.29, 1.82) is 0 Å². The molecule has 3 N–H and O–H groups in total. The van der Waals surface area contributed by atoms with Gasteiger partial charge in [-0.3, -0.25) is 9.59 Å². The molecule has 0 aliphatic carbocycles. The van der Waals surface area contributed by atoms with Crippen molar-refractivity contribution < 1.29 is 14.0 Å². The molecule has 1 heterocycles. The van der Waals surface area contributed by atoms with E-state index in [1.165, 1.54) is 12.1 Å². The van der Waals surface area contributed by atoms with Gasteiger partial charge in [-0.2, -0.15) is 0 Å². The van der Waals surface area contributed by atoms with E-state index in [2.05, 4.69) is 15.6 Å². The maximum atomic E-state index is 13.7. The highest BCUT2D eigenvalue weighted by molar-refractivity contribution is 6.39. The highest BCUT2D eigenvalue weighted by atomic mass is 19.1. The Morgan fingerprint density at radius 1 is 1.08 bits per heavy atom. The van der Waals surface area contributed by atoms with Crippen molar-refractivity contribution in [3.63, 3.8) is 0 Å². The summed E-state index contributed by atoms with van der Waals surface area (Å²) in [6, 6.07) is 12.3. The number of hydrogen-bond donors (Lipinski definition) is 3. The third kappa shape index (κ3) is 3.74. The molecule has 3 rings (SSSR count). The van der Waals surface area contributed by atoms with Crippen molar-refractivity contribution in [3.05, 3.63) is 65.1 Å². The number of benzene rings is 2. The maximum Gasteiger partial charge on any atom is 0.313 e. The van der Waals surface area contributed by atoms with Gasteiger partial charge in [-0.1, -0.05) is 24.3 Å². The SMILES string of the molecule is Cc1ccc(F)c(NC(=O)C(=O)NCCc2c(C)[nH]c3ccccc23)c1. The number of nitrogens with one attached hydrogen (secondary N) is 3. The molecule has 6 heteroatoms. The van der Waals surface area contributed by atoms with Crippen LogP contribution in [0.15, 0.2) is 42.5 Å². The van der Waals surface area contributed by atoms with Gasteiger partial charge in [0.2, 0.25) is 0 Å². The average molecular weight is 353 g/mol. The molecule has 0 radical (unpaired) electrons. The summed E-state index contributed by atoms with van der Waals surface area (Å²) in [4.78, 5) is 27.2. The second-order valence-electron chi connectivity index (χ2n) is 6.22. The van der Waals surface area contributed by atoms with E-state index >= 15 is 0 Å². The van der Waals surface area contributed by atoms with Gasteiger partial charge in [0.15, 0.2) is 0 Å². The minimum absolute atomic E-state index is 0.00220. The average Bonchev–Trinajstić information content (AvgIpc) is 2.93. The second-order valence-corrected chi connectivity index (χ2v) is 6.22. The summed E-state index contributed by atoms with van der Waals surface area (Å²) in [6.45, 7) is 4.06. The summed E-state index contributed by atoms with van der Waals surface area (Å²) in [7, 11) is 0. The lowest BCUT2D eigenvalue weighted by molar-refractivity contribution is -0.136. The van der Waals surface area contributed by atoms with Gasteiger partial charge >= 0.3 is 11.8 Å². The third-order valence-electron chi connectivity index (χ3n) is 4.26. The number of fused-ring (bicyclic) bond motifs is 1. The summed E-state index contributed by atoms with van der Waals surface area (Å²) in [5.74, 6) is -2.25. The number of amides is 2. The number of hydrogen-bond acceptors (Lipinski definition) is 2. The van der Waals surface area contributed by atoms with Crippen molar-refractivity contribution in [2.75, 3.05) is 11.9 Å². The van der Waals surface area contributed by atoms with Gasteiger partial charge in [0.05, 0.1) is 5.69 Å². The van der Waals surface area contributed by atoms with Gasteiger partial charge in [-0.05, 0) is 49.6 Å². The molecule has 26 heavy (non-hydrogen) atoms. The van der Waals surface area contributed by atoms with Gasteiger partial charge < -0.3 is 15.6 Å². The van der Waals surface area contributed by atoms with Crippen molar-refractivity contribution in [1.82, 2.24) is 10.3 Å². The molecule has 3 aromatic rings. The van der Waals surface area contributed by atoms with Crippen LogP contribution in [0.2, 0.25) is 0 Å². The minimum Gasteiger partial charge on any atom is -0.358 e. The molecule has 0 spiro atoms. The van der Waals surface area contributed by atoms with E-state index in [4.69, 9.17) is 0 Å². The number of para-hydroxylation sites is 1. The number of aryl methyl sites for hydroxylation is 2. The standard InChI is InChI=1S/C20H20FN3O2/c1-12-7-8-16(21)18(11-12)24-20(26)19(25)22-10-9-14-13(2)23-17-6-4-3-5-15(14)17/h3-8,11,23H,9-10H2,1-2H3,(H,22,25)(H,24,26). The molecule has 0 bridgehead atoms. The van der Waals surface area contributed by atoms with E-state index in [0.29, 0.717) is 13.0 Å². The number of carbonyl (C=O) groups excluding carboxylic acids is 2. The fourth-order valence-corrected chi connectivity index (χ4v) is 2.95. The molecule has 0 unspecified atom stereocenters. The molecule has 1 aromatic heterocycles. The van der Waals surface area contributed by atoms with Crippen molar-refractivity contribution in [2.24, 2.45) is 0 Å². The van der Waals surface area contributed by atoms with E-state index in [1.54, 1.807) is 13.0 Å². The molecule has 0 atom stereocenters. The summed E-state index contributed by atoms with van der Waals surface area (Å²) < 4.78 is 13.7. The fourth-order valence-electron chi connectivity index (χ4n) is 2.95. The maximum absolute atomic E-state index is 13.7. The Labute approximate surface area is 150 Å². The molecule has 0 aliphatic rings. The number of aromatic nitrogens is 1.